The highest BCUT2D eigenvalue weighted by atomic mass is 16.5. The maximum Gasteiger partial charge on any atom is 0.119 e. The van der Waals surface area contributed by atoms with Gasteiger partial charge in [-0.25, -0.2) is 0 Å². The number of ether oxygens (including phenoxy) is 1. The van der Waals surface area contributed by atoms with Crippen molar-refractivity contribution in [3.63, 3.8) is 0 Å². The second-order valence-electron chi connectivity index (χ2n) is 8.44. The van der Waals surface area contributed by atoms with Gasteiger partial charge in [0.05, 0.1) is 7.11 Å². The van der Waals surface area contributed by atoms with Gasteiger partial charge in [0.15, 0.2) is 0 Å². The summed E-state index contributed by atoms with van der Waals surface area (Å²) >= 11 is 0. The molecule has 0 heterocycles. The summed E-state index contributed by atoms with van der Waals surface area (Å²) in [6.07, 6.45) is 4.47. The molecule has 0 unspecified atom stereocenters. The zero-order valence-electron chi connectivity index (χ0n) is 20.8. The Bertz CT molecular complexity index is 886. The van der Waals surface area contributed by atoms with E-state index in [1.807, 2.05) is 12.1 Å². The van der Waals surface area contributed by atoms with Gasteiger partial charge < -0.3 is 20.3 Å². The van der Waals surface area contributed by atoms with Crippen molar-refractivity contribution in [3.05, 3.63) is 72.8 Å². The topological polar surface area (TPSA) is 36.5 Å². The number of nitrogens with zero attached hydrogens (tertiary/aromatic N) is 1. The van der Waals surface area contributed by atoms with Crippen LogP contribution in [0.3, 0.4) is 0 Å². The molecule has 0 aliphatic rings. The predicted molar refractivity (Wildman–Crippen MR) is 144 cm³/mol. The van der Waals surface area contributed by atoms with Crippen LogP contribution in [-0.2, 0) is 0 Å². The Kier molecular flexibility index (Phi) is 9.05. The number of anilines is 5. The van der Waals surface area contributed by atoms with E-state index in [9.17, 15) is 0 Å². The highest BCUT2D eigenvalue weighted by Gasteiger charge is 2.14. The Labute approximate surface area is 200 Å². The normalized spacial score (nSPS) is 11.0. The van der Waals surface area contributed by atoms with Gasteiger partial charge in [-0.2, -0.15) is 0 Å². The van der Waals surface area contributed by atoms with Crippen molar-refractivity contribution < 1.29 is 4.74 Å². The monoisotopic (exact) mass is 445 g/mol. The lowest BCUT2D eigenvalue weighted by molar-refractivity contribution is 0.415. The molecule has 0 aliphatic carbocycles. The first-order chi connectivity index (χ1) is 16.1. The minimum absolute atomic E-state index is 0.503. The third-order valence-electron chi connectivity index (χ3n) is 6.29. The molecule has 2 N–H and O–H groups in total. The highest BCUT2D eigenvalue weighted by Crippen LogP contribution is 2.36. The molecule has 0 bridgehead atoms. The molecular formula is C29H39N3O. The molecule has 0 fully saturated rings. The van der Waals surface area contributed by atoms with E-state index in [4.69, 9.17) is 4.74 Å². The maximum atomic E-state index is 5.37. The largest absolute Gasteiger partial charge is 0.497 e. The summed E-state index contributed by atoms with van der Waals surface area (Å²) < 4.78 is 5.37. The number of benzene rings is 3. The molecule has 0 atom stereocenters. The molecule has 3 aromatic carbocycles. The molecule has 3 aromatic rings. The van der Waals surface area contributed by atoms with Gasteiger partial charge in [0.2, 0.25) is 0 Å². The summed E-state index contributed by atoms with van der Waals surface area (Å²) in [5.41, 5.74) is 5.66. The maximum absolute atomic E-state index is 5.37. The van der Waals surface area contributed by atoms with Crippen molar-refractivity contribution in [2.45, 2.75) is 65.5 Å². The van der Waals surface area contributed by atoms with Crippen LogP contribution in [0.4, 0.5) is 28.4 Å². The van der Waals surface area contributed by atoms with E-state index in [0.29, 0.717) is 12.1 Å². The first-order valence-corrected chi connectivity index (χ1v) is 12.3. The predicted octanol–water partition coefficient (Wildman–Crippen LogP) is 8.37. The van der Waals surface area contributed by atoms with Gasteiger partial charge in [0, 0.05) is 40.5 Å². The fraction of sp³-hybridized carbons (Fsp3) is 0.379. The van der Waals surface area contributed by atoms with Crippen molar-refractivity contribution in [2.24, 2.45) is 0 Å². The minimum Gasteiger partial charge on any atom is -0.497 e. The van der Waals surface area contributed by atoms with Crippen LogP contribution in [0.15, 0.2) is 72.8 Å². The molecule has 0 amide bonds. The van der Waals surface area contributed by atoms with Crippen LogP contribution in [0, 0.1) is 0 Å². The van der Waals surface area contributed by atoms with Crippen LogP contribution in [0.1, 0.15) is 53.4 Å². The fourth-order valence-corrected chi connectivity index (χ4v) is 4.05. The molecule has 176 valence electrons. The van der Waals surface area contributed by atoms with Gasteiger partial charge in [-0.3, -0.25) is 0 Å². The summed E-state index contributed by atoms with van der Waals surface area (Å²) in [5.74, 6) is 0.855. The quantitative estimate of drug-likeness (QED) is 0.293. The molecule has 4 nitrogen and oxygen atoms in total. The van der Waals surface area contributed by atoms with E-state index in [1.54, 1.807) is 7.11 Å². The zero-order chi connectivity index (χ0) is 23.6. The van der Waals surface area contributed by atoms with Gasteiger partial charge in [0.25, 0.3) is 0 Å². The Hall–Kier alpha value is -3.14. The van der Waals surface area contributed by atoms with E-state index in [2.05, 4.69) is 104 Å². The van der Waals surface area contributed by atoms with E-state index >= 15 is 0 Å². The van der Waals surface area contributed by atoms with Crippen molar-refractivity contribution in [2.75, 3.05) is 22.6 Å². The van der Waals surface area contributed by atoms with E-state index in [0.717, 1.165) is 59.9 Å². The molecule has 0 aromatic heterocycles. The first-order valence-electron chi connectivity index (χ1n) is 12.3. The molecule has 0 saturated carbocycles. The van der Waals surface area contributed by atoms with Crippen molar-refractivity contribution >= 4 is 28.4 Å². The molecule has 0 aliphatic heterocycles. The van der Waals surface area contributed by atoms with E-state index in [-0.39, 0.29) is 0 Å². The van der Waals surface area contributed by atoms with Gasteiger partial charge >= 0.3 is 0 Å². The molecule has 33 heavy (non-hydrogen) atoms. The molecule has 0 radical (unpaired) electrons. The number of hydrogen-bond donors (Lipinski definition) is 2. The number of hydrogen-bond acceptors (Lipinski definition) is 4. The van der Waals surface area contributed by atoms with E-state index in [1.165, 1.54) is 0 Å². The SMILES string of the molecule is CCC(CC)Nc1ccc(N(c2ccc(NC(CC)CC)cc2)c2ccc(OC)cc2)cc1. The second-order valence-corrected chi connectivity index (χ2v) is 8.44. The Morgan fingerprint density at radius 1 is 0.576 bits per heavy atom. The molecule has 4 heteroatoms. The Morgan fingerprint density at radius 2 is 0.909 bits per heavy atom. The third-order valence-corrected chi connectivity index (χ3v) is 6.29. The smallest absolute Gasteiger partial charge is 0.119 e. The van der Waals surface area contributed by atoms with Crippen molar-refractivity contribution in [1.82, 2.24) is 0 Å². The summed E-state index contributed by atoms with van der Waals surface area (Å²) in [6, 6.07) is 26.7. The lowest BCUT2D eigenvalue weighted by atomic mass is 10.1. The van der Waals surface area contributed by atoms with Crippen molar-refractivity contribution in [1.29, 1.82) is 0 Å². The van der Waals surface area contributed by atoms with E-state index < -0.39 is 0 Å². The molecule has 3 rings (SSSR count). The summed E-state index contributed by atoms with van der Waals surface area (Å²) in [4.78, 5) is 2.28. The van der Waals surface area contributed by atoms with Crippen LogP contribution >= 0.6 is 0 Å². The summed E-state index contributed by atoms with van der Waals surface area (Å²) in [6.45, 7) is 8.90. The van der Waals surface area contributed by atoms with Crippen LogP contribution in [-0.4, -0.2) is 19.2 Å². The molecule has 0 spiro atoms. The summed E-state index contributed by atoms with van der Waals surface area (Å²) in [7, 11) is 1.70. The lowest BCUT2D eigenvalue weighted by Crippen LogP contribution is -2.17. The number of rotatable bonds is 12. The Morgan fingerprint density at radius 3 is 1.21 bits per heavy atom. The Balaban J connectivity index is 1.91. The van der Waals surface area contributed by atoms with Gasteiger partial charge in [-0.1, -0.05) is 27.7 Å². The highest BCUT2D eigenvalue weighted by molar-refractivity contribution is 5.78. The third kappa shape index (κ3) is 6.44. The lowest BCUT2D eigenvalue weighted by Gasteiger charge is -2.27. The standard InChI is InChI=1S/C29H39N3O/c1-6-22(7-2)30-24-10-14-26(15-11-24)32(28-18-20-29(33-5)21-19-28)27-16-12-25(13-17-27)31-23(8-3)9-4/h10-23,30-31H,6-9H2,1-5H3. The van der Waals surface area contributed by atoms with Crippen LogP contribution < -0.4 is 20.3 Å². The van der Waals surface area contributed by atoms with Crippen molar-refractivity contribution in [3.8, 4) is 5.75 Å². The zero-order valence-corrected chi connectivity index (χ0v) is 20.8. The average molecular weight is 446 g/mol. The number of nitrogens with one attached hydrogen (secondary N) is 2. The van der Waals surface area contributed by atoms with Gasteiger partial charge in [0.1, 0.15) is 5.75 Å². The van der Waals surface area contributed by atoms with Gasteiger partial charge in [-0.05, 0) is 98.5 Å². The number of methoxy groups -OCH3 is 1. The minimum atomic E-state index is 0.503. The second kappa shape index (κ2) is 12.2. The molecular weight excluding hydrogens is 406 g/mol. The first kappa shape index (κ1) is 24.5. The van der Waals surface area contributed by atoms with Crippen LogP contribution in [0.25, 0.3) is 0 Å². The van der Waals surface area contributed by atoms with Gasteiger partial charge in [-0.15, -0.1) is 0 Å². The fourth-order valence-electron chi connectivity index (χ4n) is 4.05. The molecule has 0 saturated heterocycles. The average Bonchev–Trinajstić information content (AvgIpc) is 2.88. The summed E-state index contributed by atoms with van der Waals surface area (Å²) in [5, 5.41) is 7.26. The van der Waals surface area contributed by atoms with Crippen LogP contribution in [0.5, 0.6) is 5.75 Å². The van der Waals surface area contributed by atoms with Crippen LogP contribution in [0.2, 0.25) is 0 Å².